The number of aromatic nitrogens is 3. The standard InChI is InChI=1S/C18H23N5O3S/c1-5-12(9-25-4)21-16-14-11(2)15(27-17(14)20-10-19-16)18(24)23(3)8-13-6-7-26-22-13/h6-7,10,12H,5,8-9H2,1-4H3,(H,19,20,21). The van der Waals surface area contributed by atoms with Crippen LogP contribution in [-0.2, 0) is 11.3 Å². The summed E-state index contributed by atoms with van der Waals surface area (Å²) in [6.45, 7) is 4.98. The molecule has 3 rings (SSSR count). The maximum absolute atomic E-state index is 12.9. The molecule has 144 valence electrons. The molecular formula is C18H23N5O3S. The number of ether oxygens (including phenoxy) is 1. The Bertz CT molecular complexity index is 909. The number of nitrogens with one attached hydrogen (secondary N) is 1. The number of aryl methyl sites for hydroxylation is 1. The monoisotopic (exact) mass is 389 g/mol. The van der Waals surface area contributed by atoms with Crippen molar-refractivity contribution in [2.45, 2.75) is 32.9 Å². The van der Waals surface area contributed by atoms with E-state index in [0.29, 0.717) is 23.7 Å². The Labute approximate surface area is 161 Å². The van der Waals surface area contributed by atoms with Gasteiger partial charge in [-0.1, -0.05) is 12.1 Å². The second-order valence-corrected chi connectivity index (χ2v) is 7.31. The van der Waals surface area contributed by atoms with Crippen LogP contribution in [0.5, 0.6) is 0 Å². The summed E-state index contributed by atoms with van der Waals surface area (Å²) in [7, 11) is 3.43. The molecule has 9 heteroatoms. The minimum absolute atomic E-state index is 0.0756. The summed E-state index contributed by atoms with van der Waals surface area (Å²) in [5.41, 5.74) is 1.58. The van der Waals surface area contributed by atoms with Gasteiger partial charge in [0.1, 0.15) is 28.9 Å². The number of methoxy groups -OCH3 is 1. The van der Waals surface area contributed by atoms with Crippen LogP contribution in [0.15, 0.2) is 23.2 Å². The van der Waals surface area contributed by atoms with E-state index >= 15 is 0 Å². The van der Waals surface area contributed by atoms with Gasteiger partial charge in [0.2, 0.25) is 0 Å². The molecule has 3 heterocycles. The van der Waals surface area contributed by atoms with Crippen molar-refractivity contribution in [3.8, 4) is 0 Å². The molecule has 0 aliphatic heterocycles. The van der Waals surface area contributed by atoms with Crippen LogP contribution in [0, 0.1) is 6.92 Å². The summed E-state index contributed by atoms with van der Waals surface area (Å²) in [6, 6.07) is 1.89. The summed E-state index contributed by atoms with van der Waals surface area (Å²) in [4.78, 5) is 24.8. The summed E-state index contributed by atoms with van der Waals surface area (Å²) in [6.07, 6.45) is 3.91. The third-order valence-electron chi connectivity index (χ3n) is 4.36. The van der Waals surface area contributed by atoms with E-state index in [2.05, 4.69) is 27.4 Å². The van der Waals surface area contributed by atoms with E-state index in [1.54, 1.807) is 25.1 Å². The highest BCUT2D eigenvalue weighted by Gasteiger charge is 2.23. The summed E-state index contributed by atoms with van der Waals surface area (Å²) >= 11 is 1.38. The zero-order chi connectivity index (χ0) is 19.4. The first-order chi connectivity index (χ1) is 13.0. The van der Waals surface area contributed by atoms with Crippen molar-refractivity contribution in [2.24, 2.45) is 0 Å². The fourth-order valence-electron chi connectivity index (χ4n) is 2.85. The van der Waals surface area contributed by atoms with Gasteiger partial charge < -0.3 is 19.5 Å². The molecular weight excluding hydrogens is 366 g/mol. The minimum Gasteiger partial charge on any atom is -0.383 e. The number of carbonyl (C=O) groups is 1. The molecule has 0 spiro atoms. The predicted molar refractivity (Wildman–Crippen MR) is 104 cm³/mol. The van der Waals surface area contributed by atoms with E-state index < -0.39 is 0 Å². The molecule has 0 saturated carbocycles. The minimum atomic E-state index is -0.0756. The van der Waals surface area contributed by atoms with Crippen molar-refractivity contribution in [1.82, 2.24) is 20.0 Å². The molecule has 27 heavy (non-hydrogen) atoms. The lowest BCUT2D eigenvalue weighted by Crippen LogP contribution is -2.26. The van der Waals surface area contributed by atoms with Crippen molar-refractivity contribution < 1.29 is 14.1 Å². The van der Waals surface area contributed by atoms with Crippen LogP contribution < -0.4 is 5.32 Å². The molecule has 1 atom stereocenters. The topological polar surface area (TPSA) is 93.4 Å². The number of hydrogen-bond acceptors (Lipinski definition) is 8. The summed E-state index contributed by atoms with van der Waals surface area (Å²) in [5, 5.41) is 8.16. The van der Waals surface area contributed by atoms with Gasteiger partial charge in [-0.25, -0.2) is 9.97 Å². The molecule has 0 aliphatic carbocycles. The van der Waals surface area contributed by atoms with Crippen LogP contribution in [-0.4, -0.2) is 52.7 Å². The second kappa shape index (κ2) is 8.45. The molecule has 1 unspecified atom stereocenters. The molecule has 0 fully saturated rings. The number of fused-ring (bicyclic) bond motifs is 1. The third-order valence-corrected chi connectivity index (χ3v) is 5.55. The van der Waals surface area contributed by atoms with Gasteiger partial charge in [-0.3, -0.25) is 4.79 Å². The SMILES string of the molecule is CCC(COC)Nc1ncnc2sc(C(=O)N(C)Cc3ccon3)c(C)c12. The molecule has 0 saturated heterocycles. The Hall–Kier alpha value is -2.52. The lowest BCUT2D eigenvalue weighted by Gasteiger charge is -2.17. The van der Waals surface area contributed by atoms with Crippen molar-refractivity contribution in [3.63, 3.8) is 0 Å². The van der Waals surface area contributed by atoms with Gasteiger partial charge in [-0.15, -0.1) is 11.3 Å². The fourth-order valence-corrected chi connectivity index (χ4v) is 3.99. The average Bonchev–Trinajstić information content (AvgIpc) is 3.29. The first-order valence-electron chi connectivity index (χ1n) is 8.69. The molecule has 3 aromatic heterocycles. The molecule has 3 aromatic rings. The zero-order valence-corrected chi connectivity index (χ0v) is 16.7. The maximum atomic E-state index is 12.9. The van der Waals surface area contributed by atoms with Crippen LogP contribution in [0.3, 0.4) is 0 Å². The van der Waals surface area contributed by atoms with Crippen LogP contribution in [0.1, 0.15) is 34.3 Å². The van der Waals surface area contributed by atoms with E-state index in [1.165, 1.54) is 23.9 Å². The van der Waals surface area contributed by atoms with Gasteiger partial charge in [0.15, 0.2) is 0 Å². The Kier molecular flexibility index (Phi) is 6.02. The number of rotatable bonds is 8. The van der Waals surface area contributed by atoms with Crippen molar-refractivity contribution in [1.29, 1.82) is 0 Å². The van der Waals surface area contributed by atoms with Crippen LogP contribution in [0.2, 0.25) is 0 Å². The highest BCUT2D eigenvalue weighted by atomic mass is 32.1. The van der Waals surface area contributed by atoms with Gasteiger partial charge in [0.05, 0.1) is 29.5 Å². The highest BCUT2D eigenvalue weighted by Crippen LogP contribution is 2.34. The smallest absolute Gasteiger partial charge is 0.264 e. The lowest BCUT2D eigenvalue weighted by atomic mass is 10.1. The summed E-state index contributed by atoms with van der Waals surface area (Å²) < 4.78 is 10.1. The first kappa shape index (κ1) is 19.2. The Morgan fingerprint density at radius 2 is 2.26 bits per heavy atom. The van der Waals surface area contributed by atoms with E-state index in [0.717, 1.165) is 28.0 Å². The first-order valence-corrected chi connectivity index (χ1v) is 9.51. The largest absolute Gasteiger partial charge is 0.383 e. The van der Waals surface area contributed by atoms with Gasteiger partial charge >= 0.3 is 0 Å². The Morgan fingerprint density at radius 1 is 1.44 bits per heavy atom. The Morgan fingerprint density at radius 3 is 2.93 bits per heavy atom. The molecule has 8 nitrogen and oxygen atoms in total. The fraction of sp³-hybridized carbons (Fsp3) is 0.444. The zero-order valence-electron chi connectivity index (χ0n) is 15.9. The number of anilines is 1. The van der Waals surface area contributed by atoms with Crippen LogP contribution in [0.4, 0.5) is 5.82 Å². The third kappa shape index (κ3) is 4.09. The number of carbonyl (C=O) groups excluding carboxylic acids is 1. The molecule has 0 radical (unpaired) electrons. The normalized spacial score (nSPS) is 12.3. The molecule has 0 aromatic carbocycles. The van der Waals surface area contributed by atoms with Crippen molar-refractivity contribution in [2.75, 3.05) is 26.1 Å². The number of thiophene rings is 1. The van der Waals surface area contributed by atoms with E-state index in [-0.39, 0.29) is 11.9 Å². The van der Waals surface area contributed by atoms with Gasteiger partial charge in [-0.2, -0.15) is 0 Å². The van der Waals surface area contributed by atoms with E-state index in [1.807, 2.05) is 6.92 Å². The van der Waals surface area contributed by atoms with Crippen LogP contribution >= 0.6 is 11.3 Å². The lowest BCUT2D eigenvalue weighted by molar-refractivity contribution is 0.0786. The quantitative estimate of drug-likeness (QED) is 0.633. The van der Waals surface area contributed by atoms with Crippen LogP contribution in [0.25, 0.3) is 10.2 Å². The predicted octanol–water partition coefficient (Wildman–Crippen LogP) is 3.10. The number of hydrogen-bond donors (Lipinski definition) is 1. The maximum Gasteiger partial charge on any atom is 0.264 e. The molecule has 1 amide bonds. The number of nitrogens with zero attached hydrogens (tertiary/aromatic N) is 4. The highest BCUT2D eigenvalue weighted by molar-refractivity contribution is 7.20. The van der Waals surface area contributed by atoms with E-state index in [9.17, 15) is 4.79 Å². The summed E-state index contributed by atoms with van der Waals surface area (Å²) in [5.74, 6) is 0.657. The van der Waals surface area contributed by atoms with Gasteiger partial charge in [-0.05, 0) is 18.9 Å². The Balaban J connectivity index is 1.90. The molecule has 0 bridgehead atoms. The van der Waals surface area contributed by atoms with Crippen molar-refractivity contribution in [3.05, 3.63) is 34.8 Å². The van der Waals surface area contributed by atoms with Gasteiger partial charge in [0.25, 0.3) is 5.91 Å². The second-order valence-electron chi connectivity index (χ2n) is 6.32. The molecule has 1 N–H and O–H groups in total. The van der Waals surface area contributed by atoms with Gasteiger partial charge in [0, 0.05) is 20.2 Å². The van der Waals surface area contributed by atoms with Crippen molar-refractivity contribution >= 4 is 33.3 Å². The molecule has 0 aliphatic rings. The van der Waals surface area contributed by atoms with E-state index in [4.69, 9.17) is 9.26 Å². The number of amides is 1. The average molecular weight is 389 g/mol.